The third-order valence-electron chi connectivity index (χ3n) is 3.01. The van der Waals surface area contributed by atoms with Crippen LogP contribution in [0.1, 0.15) is 29.8 Å². The van der Waals surface area contributed by atoms with E-state index in [4.69, 9.17) is 5.11 Å². The summed E-state index contributed by atoms with van der Waals surface area (Å²) in [4.78, 5) is 10.9. The number of aliphatic hydroxyl groups excluding tert-OH is 1. The Morgan fingerprint density at radius 1 is 1.38 bits per heavy atom. The predicted molar refractivity (Wildman–Crippen MR) is 81.9 cm³/mol. The fourth-order valence-electron chi connectivity index (χ4n) is 1.56. The van der Waals surface area contributed by atoms with Gasteiger partial charge in [0.2, 0.25) is 10.0 Å². The molecule has 1 rings (SSSR count). The van der Waals surface area contributed by atoms with E-state index in [1.807, 2.05) is 0 Å². The van der Waals surface area contributed by atoms with Gasteiger partial charge >= 0.3 is 5.97 Å². The van der Waals surface area contributed by atoms with Gasteiger partial charge in [-0.1, -0.05) is 13.8 Å². The lowest BCUT2D eigenvalue weighted by Gasteiger charge is -2.16. The number of hydrogen-bond acceptors (Lipinski definition) is 4. The maximum atomic E-state index is 12.3. The van der Waals surface area contributed by atoms with Crippen molar-refractivity contribution in [2.75, 3.05) is 6.54 Å². The number of rotatable bonds is 6. The van der Waals surface area contributed by atoms with Crippen molar-refractivity contribution in [3.8, 4) is 0 Å². The molecule has 118 valence electrons. The van der Waals surface area contributed by atoms with Gasteiger partial charge < -0.3 is 10.2 Å². The highest BCUT2D eigenvalue weighted by Crippen LogP contribution is 2.27. The molecule has 1 atom stereocenters. The molecule has 0 fully saturated rings. The molecule has 1 aromatic rings. The molecule has 1 unspecified atom stereocenters. The molecule has 0 amide bonds. The Bertz CT molecular complexity index is 642. The third kappa shape index (κ3) is 4.50. The van der Waals surface area contributed by atoms with Crippen LogP contribution in [-0.2, 0) is 10.0 Å². The minimum absolute atomic E-state index is 0.0942. The molecular weight excluding hydrogens is 362 g/mol. The zero-order chi connectivity index (χ0) is 16.4. The lowest BCUT2D eigenvalue weighted by Crippen LogP contribution is -2.35. The van der Waals surface area contributed by atoms with Crippen molar-refractivity contribution in [3.63, 3.8) is 0 Å². The largest absolute Gasteiger partial charge is 0.478 e. The smallest absolute Gasteiger partial charge is 0.335 e. The molecule has 21 heavy (non-hydrogen) atoms. The number of carboxylic acid groups (broad SMARTS) is 1. The van der Waals surface area contributed by atoms with Crippen LogP contribution in [0, 0.1) is 12.8 Å². The van der Waals surface area contributed by atoms with Gasteiger partial charge in [-0.2, -0.15) is 0 Å². The van der Waals surface area contributed by atoms with Gasteiger partial charge in [0.05, 0.1) is 16.6 Å². The number of aryl methyl sites for hydroxylation is 1. The molecule has 0 aliphatic heterocycles. The number of carbonyl (C=O) groups is 1. The van der Waals surface area contributed by atoms with Crippen LogP contribution in [0.2, 0.25) is 0 Å². The lowest BCUT2D eigenvalue weighted by atomic mass is 10.1. The molecule has 0 radical (unpaired) electrons. The summed E-state index contributed by atoms with van der Waals surface area (Å²) in [6.07, 6.45) is -0.817. The van der Waals surface area contributed by atoms with E-state index in [2.05, 4.69) is 20.7 Å². The molecule has 1 aromatic carbocycles. The number of nitrogens with one attached hydrogen (secondary N) is 1. The maximum absolute atomic E-state index is 12.3. The van der Waals surface area contributed by atoms with Crippen molar-refractivity contribution in [1.29, 1.82) is 0 Å². The molecule has 0 saturated heterocycles. The summed E-state index contributed by atoms with van der Waals surface area (Å²) >= 11 is 3.16. The molecule has 3 N–H and O–H groups in total. The van der Waals surface area contributed by atoms with Gasteiger partial charge in [0.25, 0.3) is 0 Å². The van der Waals surface area contributed by atoms with E-state index in [1.54, 1.807) is 20.8 Å². The lowest BCUT2D eigenvalue weighted by molar-refractivity contribution is 0.0696. The first kappa shape index (κ1) is 18.1. The van der Waals surface area contributed by atoms with E-state index in [0.717, 1.165) is 6.07 Å². The second-order valence-corrected chi connectivity index (χ2v) is 7.60. The first-order valence-corrected chi connectivity index (χ1v) is 8.55. The number of carboxylic acids is 1. The Hall–Kier alpha value is -0.960. The Kier molecular flexibility index (Phi) is 5.92. The van der Waals surface area contributed by atoms with Gasteiger partial charge in [0, 0.05) is 11.0 Å². The van der Waals surface area contributed by atoms with Crippen LogP contribution >= 0.6 is 15.9 Å². The van der Waals surface area contributed by atoms with Gasteiger partial charge in [-0.15, -0.1) is 0 Å². The molecule has 0 aromatic heterocycles. The first-order valence-electron chi connectivity index (χ1n) is 6.27. The molecule has 0 aliphatic rings. The van der Waals surface area contributed by atoms with Crippen molar-refractivity contribution in [2.45, 2.75) is 31.8 Å². The van der Waals surface area contributed by atoms with Crippen LogP contribution in [0.15, 0.2) is 21.5 Å². The van der Waals surface area contributed by atoms with Crippen LogP contribution < -0.4 is 4.72 Å². The third-order valence-corrected chi connectivity index (χ3v) is 5.77. The van der Waals surface area contributed by atoms with Crippen LogP contribution in [0.5, 0.6) is 0 Å². The molecule has 0 spiro atoms. The maximum Gasteiger partial charge on any atom is 0.335 e. The summed E-state index contributed by atoms with van der Waals surface area (Å²) in [7, 11) is -3.92. The Morgan fingerprint density at radius 3 is 2.43 bits per heavy atom. The van der Waals surface area contributed by atoms with E-state index in [9.17, 15) is 18.3 Å². The number of aliphatic hydroxyl groups is 1. The zero-order valence-electron chi connectivity index (χ0n) is 11.9. The van der Waals surface area contributed by atoms with Crippen molar-refractivity contribution in [1.82, 2.24) is 4.72 Å². The Balaban J connectivity index is 3.16. The van der Waals surface area contributed by atoms with Crippen molar-refractivity contribution < 1.29 is 23.4 Å². The minimum Gasteiger partial charge on any atom is -0.478 e. The zero-order valence-corrected chi connectivity index (χ0v) is 14.3. The summed E-state index contributed by atoms with van der Waals surface area (Å²) in [5.41, 5.74) is 0.389. The van der Waals surface area contributed by atoms with Crippen LogP contribution in [0.25, 0.3) is 0 Å². The predicted octanol–water partition coefficient (Wildman–Crippen LogP) is 1.75. The average molecular weight is 380 g/mol. The summed E-state index contributed by atoms with van der Waals surface area (Å²) in [5, 5.41) is 18.7. The topological polar surface area (TPSA) is 104 Å². The van der Waals surface area contributed by atoms with Gasteiger partial charge in [0.1, 0.15) is 0 Å². The Morgan fingerprint density at radius 2 is 1.95 bits per heavy atom. The highest BCUT2D eigenvalue weighted by atomic mass is 79.9. The molecule has 6 nitrogen and oxygen atoms in total. The van der Waals surface area contributed by atoms with Gasteiger partial charge in [-0.25, -0.2) is 17.9 Å². The number of halogens is 1. The number of aromatic carboxylic acids is 1. The summed E-state index contributed by atoms with van der Waals surface area (Å²) in [5.74, 6) is -1.30. The molecule has 0 heterocycles. The second kappa shape index (κ2) is 6.87. The van der Waals surface area contributed by atoms with Gasteiger partial charge in [-0.05, 0) is 46.5 Å². The molecule has 8 heteroatoms. The van der Waals surface area contributed by atoms with Crippen molar-refractivity contribution in [3.05, 3.63) is 27.7 Å². The van der Waals surface area contributed by atoms with Crippen LogP contribution in [-0.4, -0.2) is 37.2 Å². The van der Waals surface area contributed by atoms with E-state index in [-0.39, 0.29) is 22.9 Å². The minimum atomic E-state index is -3.92. The van der Waals surface area contributed by atoms with Crippen LogP contribution in [0.3, 0.4) is 0 Å². The average Bonchev–Trinajstić information content (AvgIpc) is 2.38. The fraction of sp³-hybridized carbons (Fsp3) is 0.462. The van der Waals surface area contributed by atoms with E-state index < -0.39 is 22.1 Å². The number of benzene rings is 1. The fourth-order valence-corrected chi connectivity index (χ4v) is 3.66. The monoisotopic (exact) mass is 379 g/mol. The van der Waals surface area contributed by atoms with Gasteiger partial charge in [0.15, 0.2) is 0 Å². The van der Waals surface area contributed by atoms with Crippen molar-refractivity contribution >= 4 is 31.9 Å². The first-order chi connectivity index (χ1) is 9.56. The molecule has 0 aliphatic carbocycles. The molecular formula is C13H18BrNO5S. The standard InChI is InChI=1S/C13H18BrNO5S/c1-7(2)10(16)6-15-21(19,20)11-5-9(13(17)18)4-8(3)12(11)14/h4-5,7,10,15-16H,6H2,1-3H3,(H,17,18). The highest BCUT2D eigenvalue weighted by molar-refractivity contribution is 9.10. The van der Waals surface area contributed by atoms with Gasteiger partial charge in [-0.3, -0.25) is 0 Å². The number of hydrogen-bond donors (Lipinski definition) is 3. The quantitative estimate of drug-likeness (QED) is 0.698. The SMILES string of the molecule is Cc1cc(C(=O)O)cc(S(=O)(=O)NCC(O)C(C)C)c1Br. The highest BCUT2D eigenvalue weighted by Gasteiger charge is 2.23. The summed E-state index contributed by atoms with van der Waals surface area (Å²) in [6.45, 7) is 5.01. The second-order valence-electron chi connectivity index (χ2n) is 5.07. The molecule has 0 saturated carbocycles. The Labute approximate surface area is 132 Å². The van der Waals surface area contributed by atoms with E-state index in [0.29, 0.717) is 10.0 Å². The number of sulfonamides is 1. The van der Waals surface area contributed by atoms with E-state index >= 15 is 0 Å². The van der Waals surface area contributed by atoms with Crippen LogP contribution in [0.4, 0.5) is 0 Å². The normalized spacial score (nSPS) is 13.4. The summed E-state index contributed by atoms with van der Waals surface area (Å²) < 4.78 is 27.1. The molecule has 0 bridgehead atoms. The van der Waals surface area contributed by atoms with E-state index in [1.165, 1.54) is 6.07 Å². The van der Waals surface area contributed by atoms with Crippen molar-refractivity contribution in [2.24, 2.45) is 5.92 Å². The summed E-state index contributed by atoms with van der Waals surface area (Å²) in [6, 6.07) is 2.47.